The highest BCUT2D eigenvalue weighted by atomic mass is 16.4. The number of carboxylic acids is 1. The van der Waals surface area contributed by atoms with Gasteiger partial charge in [0.1, 0.15) is 0 Å². The molecule has 2 nitrogen and oxygen atoms in total. The van der Waals surface area contributed by atoms with Crippen LogP contribution in [0.15, 0.2) is 12.2 Å². The summed E-state index contributed by atoms with van der Waals surface area (Å²) in [6.45, 7) is 5.59. The zero-order valence-corrected chi connectivity index (χ0v) is 12.6. The van der Waals surface area contributed by atoms with Crippen LogP contribution in [0.25, 0.3) is 0 Å². The van der Waals surface area contributed by atoms with E-state index in [1.807, 2.05) is 0 Å². The molecule has 0 aliphatic heterocycles. The summed E-state index contributed by atoms with van der Waals surface area (Å²) in [6.07, 6.45) is 18.5. The number of carbonyl (C=O) groups is 1. The first-order valence-corrected chi connectivity index (χ1v) is 7.49. The number of unbranched alkanes of at least 4 members (excludes halogenated alkanes) is 8. The molecule has 0 aromatic rings. The first-order chi connectivity index (χ1) is 8.65. The maximum absolute atomic E-state index is 9.00. The number of rotatable bonds is 10. The second-order valence-corrected chi connectivity index (χ2v) is 4.69. The molecule has 0 bridgehead atoms. The van der Waals surface area contributed by atoms with E-state index in [4.69, 9.17) is 9.90 Å². The summed E-state index contributed by atoms with van der Waals surface area (Å²) in [5, 5.41) is 7.42. The van der Waals surface area contributed by atoms with Crippen molar-refractivity contribution in [2.45, 2.75) is 85.0 Å². The van der Waals surface area contributed by atoms with Crippen molar-refractivity contribution in [1.29, 1.82) is 0 Å². The predicted octanol–water partition coefficient (Wildman–Crippen LogP) is 5.57. The molecule has 0 amide bonds. The molecule has 0 radical (unpaired) electrons. The molecule has 0 fully saturated rings. The van der Waals surface area contributed by atoms with E-state index in [0.717, 1.165) is 6.92 Å². The van der Waals surface area contributed by atoms with E-state index in [1.54, 1.807) is 0 Å². The maximum atomic E-state index is 9.00. The van der Waals surface area contributed by atoms with Gasteiger partial charge >= 0.3 is 0 Å². The molecule has 0 saturated heterocycles. The second kappa shape index (κ2) is 18.6. The fraction of sp³-hybridized carbons (Fsp3) is 0.812. The van der Waals surface area contributed by atoms with E-state index in [0.29, 0.717) is 0 Å². The first kappa shape index (κ1) is 19.5. The minimum Gasteiger partial charge on any atom is -0.481 e. The summed E-state index contributed by atoms with van der Waals surface area (Å²) in [4.78, 5) is 9.00. The topological polar surface area (TPSA) is 37.3 Å². The van der Waals surface area contributed by atoms with Crippen molar-refractivity contribution in [3.05, 3.63) is 12.2 Å². The summed E-state index contributed by atoms with van der Waals surface area (Å²) < 4.78 is 0. The van der Waals surface area contributed by atoms with Gasteiger partial charge < -0.3 is 5.11 Å². The van der Waals surface area contributed by atoms with E-state index in [1.165, 1.54) is 64.2 Å². The Bertz CT molecular complexity index is 182. The van der Waals surface area contributed by atoms with E-state index < -0.39 is 5.97 Å². The highest BCUT2D eigenvalue weighted by Crippen LogP contribution is 2.08. The average molecular weight is 256 g/mol. The van der Waals surface area contributed by atoms with Crippen molar-refractivity contribution in [3.8, 4) is 0 Å². The highest BCUT2D eigenvalue weighted by Gasteiger charge is 1.88. The number of carboxylic acid groups (broad SMARTS) is 1. The minimum atomic E-state index is -0.833. The van der Waals surface area contributed by atoms with Gasteiger partial charge in [-0.05, 0) is 19.3 Å². The normalized spacial score (nSPS) is 10.2. The van der Waals surface area contributed by atoms with Crippen LogP contribution in [-0.2, 0) is 4.79 Å². The van der Waals surface area contributed by atoms with Gasteiger partial charge in [-0.3, -0.25) is 4.79 Å². The Morgan fingerprint density at radius 3 is 1.78 bits per heavy atom. The third-order valence-corrected chi connectivity index (χ3v) is 2.60. The molecule has 0 saturated carbocycles. The molecule has 108 valence electrons. The van der Waals surface area contributed by atoms with Crippen molar-refractivity contribution in [2.24, 2.45) is 0 Å². The van der Waals surface area contributed by atoms with Crippen molar-refractivity contribution in [2.75, 3.05) is 0 Å². The predicted molar refractivity (Wildman–Crippen MR) is 80.0 cm³/mol. The van der Waals surface area contributed by atoms with Crippen LogP contribution in [0.5, 0.6) is 0 Å². The van der Waals surface area contributed by atoms with Crippen LogP contribution < -0.4 is 0 Å². The van der Waals surface area contributed by atoms with Gasteiger partial charge in [0.2, 0.25) is 0 Å². The fourth-order valence-corrected chi connectivity index (χ4v) is 1.62. The smallest absolute Gasteiger partial charge is 0.300 e. The number of hydrogen-bond donors (Lipinski definition) is 1. The Morgan fingerprint density at radius 2 is 1.28 bits per heavy atom. The van der Waals surface area contributed by atoms with Gasteiger partial charge in [0.25, 0.3) is 5.97 Å². The van der Waals surface area contributed by atoms with Gasteiger partial charge in [0, 0.05) is 6.92 Å². The molecule has 0 atom stereocenters. The third-order valence-electron chi connectivity index (χ3n) is 2.60. The van der Waals surface area contributed by atoms with Crippen molar-refractivity contribution >= 4 is 5.97 Å². The van der Waals surface area contributed by atoms with Gasteiger partial charge in [-0.15, -0.1) is 0 Å². The Morgan fingerprint density at radius 1 is 0.833 bits per heavy atom. The molecule has 1 N–H and O–H groups in total. The molecular formula is C16H32O2. The zero-order valence-electron chi connectivity index (χ0n) is 12.6. The molecule has 0 rings (SSSR count). The van der Waals surface area contributed by atoms with Crippen LogP contribution in [0.1, 0.15) is 85.0 Å². The molecule has 0 spiro atoms. The van der Waals surface area contributed by atoms with Crippen LogP contribution in [-0.4, -0.2) is 11.1 Å². The summed E-state index contributed by atoms with van der Waals surface area (Å²) in [5.41, 5.74) is 0. The zero-order chi connectivity index (χ0) is 14.1. The van der Waals surface area contributed by atoms with E-state index in [2.05, 4.69) is 26.0 Å². The molecule has 0 aromatic heterocycles. The monoisotopic (exact) mass is 256 g/mol. The third kappa shape index (κ3) is 29.5. The molecule has 18 heavy (non-hydrogen) atoms. The maximum Gasteiger partial charge on any atom is 0.300 e. The lowest BCUT2D eigenvalue weighted by molar-refractivity contribution is -0.134. The second-order valence-electron chi connectivity index (χ2n) is 4.69. The largest absolute Gasteiger partial charge is 0.481 e. The van der Waals surface area contributed by atoms with E-state index in [9.17, 15) is 0 Å². The Hall–Kier alpha value is -0.790. The van der Waals surface area contributed by atoms with Crippen molar-refractivity contribution in [1.82, 2.24) is 0 Å². The van der Waals surface area contributed by atoms with E-state index in [-0.39, 0.29) is 0 Å². The van der Waals surface area contributed by atoms with E-state index >= 15 is 0 Å². The summed E-state index contributed by atoms with van der Waals surface area (Å²) >= 11 is 0. The van der Waals surface area contributed by atoms with Crippen LogP contribution in [0.4, 0.5) is 0 Å². The Kier molecular flexibility index (Phi) is 20.2. The van der Waals surface area contributed by atoms with Gasteiger partial charge in [-0.25, -0.2) is 0 Å². The summed E-state index contributed by atoms with van der Waals surface area (Å²) in [6, 6.07) is 0. The first-order valence-electron chi connectivity index (χ1n) is 7.49. The minimum absolute atomic E-state index is 0.833. The molecular weight excluding hydrogens is 224 g/mol. The lowest BCUT2D eigenvalue weighted by Gasteiger charge is -1.98. The summed E-state index contributed by atoms with van der Waals surface area (Å²) in [5.74, 6) is -0.833. The average Bonchev–Trinajstić information content (AvgIpc) is 2.31. The molecule has 0 unspecified atom stereocenters. The van der Waals surface area contributed by atoms with Gasteiger partial charge in [-0.2, -0.15) is 0 Å². The van der Waals surface area contributed by atoms with Crippen LogP contribution in [0.2, 0.25) is 0 Å². The molecule has 0 heterocycles. The lowest BCUT2D eigenvalue weighted by Crippen LogP contribution is -1.78. The van der Waals surface area contributed by atoms with Crippen LogP contribution in [0.3, 0.4) is 0 Å². The van der Waals surface area contributed by atoms with Gasteiger partial charge in [0.15, 0.2) is 0 Å². The lowest BCUT2D eigenvalue weighted by atomic mass is 10.1. The van der Waals surface area contributed by atoms with Crippen molar-refractivity contribution in [3.63, 3.8) is 0 Å². The van der Waals surface area contributed by atoms with Crippen molar-refractivity contribution < 1.29 is 9.90 Å². The quantitative estimate of drug-likeness (QED) is 0.409. The molecule has 0 aliphatic carbocycles. The standard InChI is InChI=1S/C14H28.C2H4O2/c1-3-5-7-9-11-13-14-12-10-8-6-4-2;1-2(3)4/h7,9H,3-6,8,10-14H2,1-2H3;1H3,(H,3,4)/b9-7-;. The number of hydrogen-bond acceptors (Lipinski definition) is 1. The Labute approximate surface area is 113 Å². The molecule has 2 heteroatoms. The molecule has 0 aromatic carbocycles. The summed E-state index contributed by atoms with van der Waals surface area (Å²) in [7, 11) is 0. The number of aliphatic carboxylic acids is 1. The van der Waals surface area contributed by atoms with Crippen LogP contribution >= 0.6 is 0 Å². The fourth-order valence-electron chi connectivity index (χ4n) is 1.62. The highest BCUT2D eigenvalue weighted by molar-refractivity contribution is 5.62. The Balaban J connectivity index is 0. The molecule has 0 aliphatic rings. The number of allylic oxidation sites excluding steroid dienone is 2. The van der Waals surface area contributed by atoms with Gasteiger partial charge in [-0.1, -0.05) is 70.9 Å². The SMILES string of the molecule is CC(=O)O.CCC/C=C\CCCCCCCCC. The van der Waals surface area contributed by atoms with Crippen LogP contribution in [0, 0.1) is 0 Å². The van der Waals surface area contributed by atoms with Gasteiger partial charge in [0.05, 0.1) is 0 Å².